The molecule has 2 aromatic rings. The van der Waals surface area contributed by atoms with Gasteiger partial charge in [-0.25, -0.2) is 0 Å². The number of oxime groups is 1. The summed E-state index contributed by atoms with van der Waals surface area (Å²) in [7, 11) is 3.02. The molecule has 6 nitrogen and oxygen atoms in total. The number of aryl methyl sites for hydroxylation is 1. The molecule has 138 valence electrons. The minimum atomic E-state index is -0.311. The number of hydrogen-bond acceptors (Lipinski definition) is 5. The zero-order chi connectivity index (χ0) is 19.1. The number of carbonyl (C=O) groups excluding carboxylic acids is 1. The van der Waals surface area contributed by atoms with E-state index < -0.39 is 0 Å². The van der Waals surface area contributed by atoms with E-state index in [-0.39, 0.29) is 12.5 Å². The Balaban J connectivity index is 1.91. The summed E-state index contributed by atoms with van der Waals surface area (Å²) in [5.74, 6) is 0.607. The van der Waals surface area contributed by atoms with Gasteiger partial charge in [0.15, 0.2) is 18.1 Å². The van der Waals surface area contributed by atoms with Crippen LogP contribution >= 0.6 is 27.5 Å². The smallest absolute Gasteiger partial charge is 0.265 e. The van der Waals surface area contributed by atoms with Gasteiger partial charge in [-0.05, 0) is 42.8 Å². The Hall–Kier alpha value is -2.25. The normalized spacial score (nSPS) is 10.7. The molecule has 0 saturated carbocycles. The van der Waals surface area contributed by atoms with Crippen molar-refractivity contribution in [2.45, 2.75) is 6.92 Å². The van der Waals surface area contributed by atoms with Crippen LogP contribution < -0.4 is 14.8 Å². The third-order valence-corrected chi connectivity index (χ3v) is 4.54. The fourth-order valence-corrected chi connectivity index (χ4v) is 2.67. The van der Waals surface area contributed by atoms with Gasteiger partial charge in [0.25, 0.3) is 5.91 Å². The van der Waals surface area contributed by atoms with Gasteiger partial charge in [0, 0.05) is 15.7 Å². The third kappa shape index (κ3) is 5.37. The van der Waals surface area contributed by atoms with Crippen molar-refractivity contribution < 1.29 is 19.1 Å². The van der Waals surface area contributed by atoms with Crippen LogP contribution in [0, 0.1) is 6.92 Å². The number of halogens is 2. The molecule has 0 saturated heterocycles. The van der Waals surface area contributed by atoms with Gasteiger partial charge >= 0.3 is 0 Å². The molecule has 26 heavy (non-hydrogen) atoms. The van der Waals surface area contributed by atoms with E-state index in [0.29, 0.717) is 27.8 Å². The lowest BCUT2D eigenvalue weighted by atomic mass is 10.2. The van der Waals surface area contributed by atoms with E-state index in [0.717, 1.165) is 10.0 Å². The van der Waals surface area contributed by atoms with E-state index in [1.54, 1.807) is 18.2 Å². The van der Waals surface area contributed by atoms with Crippen LogP contribution in [-0.4, -0.2) is 32.9 Å². The van der Waals surface area contributed by atoms with Gasteiger partial charge in [0.2, 0.25) is 0 Å². The molecule has 8 heteroatoms. The van der Waals surface area contributed by atoms with E-state index in [1.165, 1.54) is 20.4 Å². The molecule has 0 aromatic heterocycles. The third-order valence-electron chi connectivity index (χ3n) is 3.37. The highest BCUT2D eigenvalue weighted by molar-refractivity contribution is 9.10. The van der Waals surface area contributed by atoms with Gasteiger partial charge in [0.05, 0.1) is 25.5 Å². The molecule has 0 aliphatic heterocycles. The number of ether oxygens (including phenoxy) is 2. The Morgan fingerprint density at radius 1 is 1.27 bits per heavy atom. The van der Waals surface area contributed by atoms with Crippen LogP contribution in [0.1, 0.15) is 11.1 Å². The standard InChI is InChI=1S/C18H18BrClN2O4/c1-11-6-13(4-5-14(11)19)22-17(23)10-26-21-9-12-7-15(20)18(25-3)16(8-12)24-2/h4-9H,10H2,1-3H3,(H,22,23)/b21-9+. The van der Waals surface area contributed by atoms with E-state index in [1.807, 2.05) is 19.1 Å². The van der Waals surface area contributed by atoms with Crippen molar-refractivity contribution in [1.82, 2.24) is 0 Å². The number of nitrogens with one attached hydrogen (secondary N) is 1. The summed E-state index contributed by atoms with van der Waals surface area (Å²) in [6, 6.07) is 8.87. The molecule has 0 fully saturated rings. The largest absolute Gasteiger partial charge is 0.493 e. The van der Waals surface area contributed by atoms with Crippen LogP contribution in [0.25, 0.3) is 0 Å². The molecular formula is C18H18BrClN2O4. The van der Waals surface area contributed by atoms with Crippen LogP contribution in [0.2, 0.25) is 5.02 Å². The predicted octanol–water partition coefficient (Wildman–Crippen LogP) is 4.42. The van der Waals surface area contributed by atoms with Gasteiger partial charge in [-0.1, -0.05) is 32.7 Å². The van der Waals surface area contributed by atoms with E-state index in [2.05, 4.69) is 26.4 Å². The lowest BCUT2D eigenvalue weighted by molar-refractivity contribution is -0.120. The lowest BCUT2D eigenvalue weighted by Crippen LogP contribution is -2.17. The van der Waals surface area contributed by atoms with Crippen molar-refractivity contribution in [2.75, 3.05) is 26.1 Å². The first-order chi connectivity index (χ1) is 12.4. The van der Waals surface area contributed by atoms with Crippen molar-refractivity contribution in [2.24, 2.45) is 5.16 Å². The summed E-state index contributed by atoms with van der Waals surface area (Å²) in [6.45, 7) is 1.72. The first kappa shape index (κ1) is 20.1. The number of anilines is 1. The minimum absolute atomic E-state index is 0.216. The molecule has 2 rings (SSSR count). The van der Waals surface area contributed by atoms with Crippen molar-refractivity contribution in [1.29, 1.82) is 0 Å². The highest BCUT2D eigenvalue weighted by Gasteiger charge is 2.10. The van der Waals surface area contributed by atoms with E-state index >= 15 is 0 Å². The first-order valence-corrected chi connectivity index (χ1v) is 8.74. The van der Waals surface area contributed by atoms with Gasteiger partial charge < -0.3 is 19.6 Å². The summed E-state index contributed by atoms with van der Waals surface area (Å²) < 4.78 is 11.3. The fourth-order valence-electron chi connectivity index (χ4n) is 2.13. The summed E-state index contributed by atoms with van der Waals surface area (Å²) in [5.41, 5.74) is 2.36. The van der Waals surface area contributed by atoms with Gasteiger partial charge in [-0.15, -0.1) is 0 Å². The molecular weight excluding hydrogens is 424 g/mol. The summed E-state index contributed by atoms with van der Waals surface area (Å²) in [5, 5.41) is 6.90. The van der Waals surface area contributed by atoms with Gasteiger partial charge in [0.1, 0.15) is 0 Å². The molecule has 0 bridgehead atoms. The molecule has 0 atom stereocenters. The number of nitrogens with zero attached hydrogens (tertiary/aromatic N) is 1. The number of carbonyl (C=O) groups is 1. The van der Waals surface area contributed by atoms with E-state index in [9.17, 15) is 4.79 Å². The monoisotopic (exact) mass is 440 g/mol. The Kier molecular flexibility index (Phi) is 7.29. The topological polar surface area (TPSA) is 69.2 Å². The van der Waals surface area contributed by atoms with E-state index in [4.69, 9.17) is 25.9 Å². The quantitative estimate of drug-likeness (QED) is 0.510. The number of methoxy groups -OCH3 is 2. The van der Waals surface area contributed by atoms with Crippen molar-refractivity contribution >= 4 is 45.3 Å². The molecule has 0 spiro atoms. The maximum atomic E-state index is 11.9. The molecule has 0 unspecified atom stereocenters. The second kappa shape index (κ2) is 9.45. The minimum Gasteiger partial charge on any atom is -0.493 e. The van der Waals surface area contributed by atoms with Crippen LogP contribution in [0.15, 0.2) is 40.0 Å². The summed E-state index contributed by atoms with van der Waals surface area (Å²) >= 11 is 9.53. The number of hydrogen-bond donors (Lipinski definition) is 1. The van der Waals surface area contributed by atoms with Crippen LogP contribution in [-0.2, 0) is 9.63 Å². The average molecular weight is 442 g/mol. The second-order valence-corrected chi connectivity index (χ2v) is 6.52. The average Bonchev–Trinajstić information content (AvgIpc) is 2.61. The number of benzene rings is 2. The molecule has 0 aliphatic rings. The second-order valence-electron chi connectivity index (χ2n) is 5.26. The molecule has 2 aromatic carbocycles. The van der Waals surface area contributed by atoms with Crippen LogP contribution in [0.5, 0.6) is 11.5 Å². The van der Waals surface area contributed by atoms with Crippen molar-refractivity contribution in [3.05, 3.63) is 51.0 Å². The SMILES string of the molecule is COc1cc(/C=N/OCC(=O)Nc2ccc(Br)c(C)c2)cc(Cl)c1OC. The van der Waals surface area contributed by atoms with Crippen molar-refractivity contribution in [3.63, 3.8) is 0 Å². The van der Waals surface area contributed by atoms with Crippen LogP contribution in [0.3, 0.4) is 0 Å². The number of rotatable bonds is 7. The zero-order valence-electron chi connectivity index (χ0n) is 14.5. The van der Waals surface area contributed by atoms with Crippen molar-refractivity contribution in [3.8, 4) is 11.5 Å². The molecule has 0 radical (unpaired) electrons. The van der Waals surface area contributed by atoms with Gasteiger partial charge in [-0.3, -0.25) is 4.79 Å². The lowest BCUT2D eigenvalue weighted by Gasteiger charge is -2.09. The highest BCUT2D eigenvalue weighted by Crippen LogP contribution is 2.35. The summed E-state index contributed by atoms with van der Waals surface area (Å²) in [4.78, 5) is 16.9. The Labute approximate surface area is 165 Å². The fraction of sp³-hybridized carbons (Fsp3) is 0.222. The Bertz CT molecular complexity index is 827. The Morgan fingerprint density at radius 3 is 2.69 bits per heavy atom. The predicted molar refractivity (Wildman–Crippen MR) is 106 cm³/mol. The molecule has 1 amide bonds. The maximum absolute atomic E-state index is 11.9. The molecule has 1 N–H and O–H groups in total. The van der Waals surface area contributed by atoms with Crippen LogP contribution in [0.4, 0.5) is 5.69 Å². The number of amides is 1. The molecule has 0 heterocycles. The highest BCUT2D eigenvalue weighted by atomic mass is 79.9. The Morgan fingerprint density at radius 2 is 2.04 bits per heavy atom. The summed E-state index contributed by atoms with van der Waals surface area (Å²) in [6.07, 6.45) is 1.44. The maximum Gasteiger partial charge on any atom is 0.265 e. The first-order valence-electron chi connectivity index (χ1n) is 7.57. The molecule has 0 aliphatic carbocycles. The zero-order valence-corrected chi connectivity index (χ0v) is 16.8. The van der Waals surface area contributed by atoms with Gasteiger partial charge in [-0.2, -0.15) is 0 Å².